The summed E-state index contributed by atoms with van der Waals surface area (Å²) in [6.45, 7) is 2.78. The zero-order chi connectivity index (χ0) is 13.7. The lowest BCUT2D eigenvalue weighted by Gasteiger charge is -2.17. The van der Waals surface area contributed by atoms with E-state index in [1.807, 2.05) is 6.92 Å². The Morgan fingerprint density at radius 2 is 2.16 bits per heavy atom. The number of hydrogen-bond acceptors (Lipinski definition) is 2. The van der Waals surface area contributed by atoms with E-state index in [0.717, 1.165) is 18.4 Å². The van der Waals surface area contributed by atoms with Crippen LogP contribution in [0.5, 0.6) is 0 Å². The van der Waals surface area contributed by atoms with Crippen LogP contribution < -0.4 is 5.32 Å². The zero-order valence-electron chi connectivity index (χ0n) is 10.8. The van der Waals surface area contributed by atoms with Crippen molar-refractivity contribution in [3.05, 3.63) is 53.6 Å². The number of nitrogens with one attached hydrogen (secondary N) is 2. The first-order valence-electron chi connectivity index (χ1n) is 6.34. The summed E-state index contributed by atoms with van der Waals surface area (Å²) in [5.74, 6) is -0.192. The average molecular weight is 265 g/mol. The standard InChI is InChI=1S/C14H17F2N3/c1-2-17-12(9-14-18-5-6-19-14)7-10-3-4-11(15)8-13(10)16/h3-6,8,12,17H,2,7,9H2,1H3,(H,18,19). The molecule has 0 fully saturated rings. The Morgan fingerprint density at radius 1 is 1.32 bits per heavy atom. The van der Waals surface area contributed by atoms with Crippen molar-refractivity contribution in [2.45, 2.75) is 25.8 Å². The fraction of sp³-hybridized carbons (Fsp3) is 0.357. The number of likely N-dealkylation sites (N-methyl/N-ethyl adjacent to an activating group) is 1. The molecule has 1 aromatic heterocycles. The molecule has 102 valence electrons. The molecule has 2 N–H and O–H groups in total. The van der Waals surface area contributed by atoms with E-state index < -0.39 is 11.6 Å². The molecule has 0 radical (unpaired) electrons. The third-order valence-corrected chi connectivity index (χ3v) is 2.97. The van der Waals surface area contributed by atoms with E-state index in [9.17, 15) is 8.78 Å². The summed E-state index contributed by atoms with van der Waals surface area (Å²) >= 11 is 0. The maximum absolute atomic E-state index is 13.6. The quantitative estimate of drug-likeness (QED) is 0.842. The maximum atomic E-state index is 13.6. The summed E-state index contributed by atoms with van der Waals surface area (Å²) in [6.07, 6.45) is 4.63. The molecule has 1 heterocycles. The molecule has 1 aromatic carbocycles. The van der Waals surface area contributed by atoms with Crippen molar-refractivity contribution in [1.29, 1.82) is 0 Å². The number of imidazole rings is 1. The molecule has 3 nitrogen and oxygen atoms in total. The lowest BCUT2D eigenvalue weighted by Crippen LogP contribution is -2.33. The number of halogens is 2. The Hall–Kier alpha value is -1.75. The minimum Gasteiger partial charge on any atom is -0.349 e. The molecule has 1 unspecified atom stereocenters. The van der Waals surface area contributed by atoms with Gasteiger partial charge in [-0.2, -0.15) is 0 Å². The third-order valence-electron chi connectivity index (χ3n) is 2.97. The Morgan fingerprint density at radius 3 is 2.79 bits per heavy atom. The fourth-order valence-electron chi connectivity index (χ4n) is 2.10. The van der Waals surface area contributed by atoms with Gasteiger partial charge in [-0.15, -0.1) is 0 Å². The van der Waals surface area contributed by atoms with Crippen molar-refractivity contribution in [1.82, 2.24) is 15.3 Å². The molecule has 0 bridgehead atoms. The molecule has 0 amide bonds. The van der Waals surface area contributed by atoms with E-state index in [1.165, 1.54) is 12.1 Å². The molecule has 0 aliphatic heterocycles. The summed E-state index contributed by atoms with van der Waals surface area (Å²) in [5.41, 5.74) is 0.513. The van der Waals surface area contributed by atoms with Gasteiger partial charge in [0.25, 0.3) is 0 Å². The van der Waals surface area contributed by atoms with Crippen molar-refractivity contribution >= 4 is 0 Å². The van der Waals surface area contributed by atoms with Crippen LogP contribution in [0.4, 0.5) is 8.78 Å². The summed E-state index contributed by atoms with van der Waals surface area (Å²) in [4.78, 5) is 7.20. The van der Waals surface area contributed by atoms with Crippen LogP contribution in [0.25, 0.3) is 0 Å². The number of benzene rings is 1. The minimum atomic E-state index is -0.549. The van der Waals surface area contributed by atoms with Gasteiger partial charge in [-0.05, 0) is 24.6 Å². The molecule has 5 heteroatoms. The summed E-state index contributed by atoms with van der Waals surface area (Å²) < 4.78 is 26.5. The number of hydrogen-bond donors (Lipinski definition) is 2. The molecule has 0 saturated carbocycles. The van der Waals surface area contributed by atoms with Gasteiger partial charge in [0.1, 0.15) is 17.5 Å². The third kappa shape index (κ3) is 3.86. The van der Waals surface area contributed by atoms with Crippen LogP contribution in [0.15, 0.2) is 30.6 Å². The molecule has 0 aliphatic carbocycles. The Bertz CT molecular complexity index is 511. The number of rotatable bonds is 6. The highest BCUT2D eigenvalue weighted by molar-refractivity contribution is 5.20. The Kier molecular flexibility index (Phi) is 4.63. The molecule has 0 aliphatic rings. The fourth-order valence-corrected chi connectivity index (χ4v) is 2.10. The predicted molar refractivity (Wildman–Crippen MR) is 69.8 cm³/mol. The summed E-state index contributed by atoms with van der Waals surface area (Å²) in [6, 6.07) is 3.77. The smallest absolute Gasteiger partial charge is 0.129 e. The largest absolute Gasteiger partial charge is 0.349 e. The van der Waals surface area contributed by atoms with Crippen LogP contribution in [0.1, 0.15) is 18.3 Å². The summed E-state index contributed by atoms with van der Waals surface area (Å²) in [5, 5.41) is 3.29. The van der Waals surface area contributed by atoms with Gasteiger partial charge in [-0.25, -0.2) is 13.8 Å². The molecular formula is C14H17F2N3. The topological polar surface area (TPSA) is 40.7 Å². The van der Waals surface area contributed by atoms with Gasteiger partial charge < -0.3 is 10.3 Å². The van der Waals surface area contributed by atoms with Crippen molar-refractivity contribution in [3.8, 4) is 0 Å². The molecule has 1 atom stereocenters. The van der Waals surface area contributed by atoms with E-state index in [4.69, 9.17) is 0 Å². The van der Waals surface area contributed by atoms with Gasteiger partial charge in [-0.1, -0.05) is 13.0 Å². The molecule has 0 saturated heterocycles. The van der Waals surface area contributed by atoms with Crippen LogP contribution in [-0.4, -0.2) is 22.6 Å². The second kappa shape index (κ2) is 6.43. The van der Waals surface area contributed by atoms with Gasteiger partial charge in [0.15, 0.2) is 0 Å². The van der Waals surface area contributed by atoms with Crippen LogP contribution >= 0.6 is 0 Å². The first-order valence-corrected chi connectivity index (χ1v) is 6.34. The van der Waals surface area contributed by atoms with Crippen LogP contribution in [-0.2, 0) is 12.8 Å². The monoisotopic (exact) mass is 265 g/mol. The highest BCUT2D eigenvalue weighted by Gasteiger charge is 2.13. The maximum Gasteiger partial charge on any atom is 0.129 e. The average Bonchev–Trinajstić information content (AvgIpc) is 2.86. The summed E-state index contributed by atoms with van der Waals surface area (Å²) in [7, 11) is 0. The molecule has 2 aromatic rings. The normalized spacial score (nSPS) is 12.6. The van der Waals surface area contributed by atoms with E-state index in [-0.39, 0.29) is 6.04 Å². The van der Waals surface area contributed by atoms with Gasteiger partial charge in [0.2, 0.25) is 0 Å². The first-order chi connectivity index (χ1) is 9.19. The Labute approximate surface area is 111 Å². The number of aromatic nitrogens is 2. The van der Waals surface area contributed by atoms with Crippen molar-refractivity contribution in [3.63, 3.8) is 0 Å². The Balaban J connectivity index is 2.07. The van der Waals surface area contributed by atoms with Gasteiger partial charge in [0.05, 0.1) is 0 Å². The van der Waals surface area contributed by atoms with Crippen LogP contribution in [0, 0.1) is 11.6 Å². The number of nitrogens with zero attached hydrogens (tertiary/aromatic N) is 1. The molecule has 2 rings (SSSR count). The van der Waals surface area contributed by atoms with Gasteiger partial charge >= 0.3 is 0 Å². The van der Waals surface area contributed by atoms with Crippen LogP contribution in [0.3, 0.4) is 0 Å². The first kappa shape index (κ1) is 13.7. The van der Waals surface area contributed by atoms with E-state index >= 15 is 0 Å². The van der Waals surface area contributed by atoms with Crippen molar-refractivity contribution in [2.75, 3.05) is 6.54 Å². The SMILES string of the molecule is CCNC(Cc1ncc[nH]1)Cc1ccc(F)cc1F. The predicted octanol–water partition coefficient (Wildman–Crippen LogP) is 2.45. The van der Waals surface area contributed by atoms with Gasteiger partial charge in [0, 0.05) is 30.9 Å². The van der Waals surface area contributed by atoms with Crippen LogP contribution in [0.2, 0.25) is 0 Å². The lowest BCUT2D eigenvalue weighted by atomic mass is 10.0. The highest BCUT2D eigenvalue weighted by atomic mass is 19.1. The zero-order valence-corrected chi connectivity index (χ0v) is 10.8. The number of H-pyrrole nitrogens is 1. The van der Waals surface area contributed by atoms with Crippen molar-refractivity contribution < 1.29 is 8.78 Å². The highest BCUT2D eigenvalue weighted by Crippen LogP contribution is 2.13. The second-order valence-corrected chi connectivity index (χ2v) is 4.43. The van der Waals surface area contributed by atoms with Gasteiger partial charge in [-0.3, -0.25) is 0 Å². The lowest BCUT2D eigenvalue weighted by molar-refractivity contribution is 0.495. The minimum absolute atomic E-state index is 0.0658. The van der Waals surface area contributed by atoms with E-state index in [2.05, 4.69) is 15.3 Å². The molecule has 19 heavy (non-hydrogen) atoms. The second-order valence-electron chi connectivity index (χ2n) is 4.43. The van der Waals surface area contributed by atoms with Crippen molar-refractivity contribution in [2.24, 2.45) is 0 Å². The van der Waals surface area contributed by atoms with E-state index in [1.54, 1.807) is 12.4 Å². The van der Waals surface area contributed by atoms with E-state index in [0.29, 0.717) is 18.4 Å². The number of aromatic amines is 1. The molecule has 0 spiro atoms. The molecular weight excluding hydrogens is 248 g/mol.